The summed E-state index contributed by atoms with van der Waals surface area (Å²) in [4.78, 5) is 17.5. The van der Waals surface area contributed by atoms with Gasteiger partial charge in [-0.1, -0.05) is 20.8 Å². The summed E-state index contributed by atoms with van der Waals surface area (Å²) in [6, 6.07) is 0. The molecular weight excluding hydrogens is 413 g/mol. The maximum absolute atomic E-state index is 13.1. The zero-order chi connectivity index (χ0) is 22.7. The molecule has 1 unspecified atom stereocenters. The molecule has 10 heteroatoms. The van der Waals surface area contributed by atoms with Crippen LogP contribution in [0.15, 0.2) is 0 Å². The second-order valence-corrected chi connectivity index (χ2v) is 15.2. The summed E-state index contributed by atoms with van der Waals surface area (Å²) < 4.78 is 35.5. The van der Waals surface area contributed by atoms with E-state index in [-0.39, 0.29) is 24.9 Å². The standard InChI is InChI=1S/C19H42NO7PSi/c1-10-25-28(22,26-11-2)18(17(21)20(6)23-7)24-15-13-12-14-16-27-29(8,9)19(3,4)5/h18H,10-16H2,1-9H3. The van der Waals surface area contributed by atoms with Gasteiger partial charge < -0.3 is 18.2 Å². The molecule has 0 aromatic heterocycles. The van der Waals surface area contributed by atoms with Gasteiger partial charge in [0.05, 0.1) is 20.3 Å². The van der Waals surface area contributed by atoms with Gasteiger partial charge in [-0.25, -0.2) is 5.06 Å². The number of nitrogens with zero attached hydrogens (tertiary/aromatic N) is 1. The van der Waals surface area contributed by atoms with Crippen LogP contribution < -0.4 is 0 Å². The van der Waals surface area contributed by atoms with Gasteiger partial charge in [-0.05, 0) is 51.2 Å². The van der Waals surface area contributed by atoms with Crippen LogP contribution in [-0.4, -0.2) is 65.7 Å². The molecule has 29 heavy (non-hydrogen) atoms. The van der Waals surface area contributed by atoms with Crippen molar-refractivity contribution < 1.29 is 32.4 Å². The first-order chi connectivity index (χ1) is 13.4. The predicted octanol–water partition coefficient (Wildman–Crippen LogP) is 4.81. The van der Waals surface area contributed by atoms with E-state index in [2.05, 4.69) is 33.9 Å². The molecule has 0 fully saturated rings. The Hall–Kier alpha value is -0.283. The third-order valence-corrected chi connectivity index (χ3v) is 11.8. The van der Waals surface area contributed by atoms with E-state index < -0.39 is 27.7 Å². The maximum atomic E-state index is 13.1. The van der Waals surface area contributed by atoms with E-state index in [4.69, 9.17) is 23.0 Å². The summed E-state index contributed by atoms with van der Waals surface area (Å²) in [6.07, 6.45) is 2.49. The number of ether oxygens (including phenoxy) is 1. The van der Waals surface area contributed by atoms with Crippen molar-refractivity contribution in [3.63, 3.8) is 0 Å². The second-order valence-electron chi connectivity index (χ2n) is 8.29. The summed E-state index contributed by atoms with van der Waals surface area (Å²) in [5, 5.41) is 1.17. The zero-order valence-electron chi connectivity index (χ0n) is 19.8. The van der Waals surface area contributed by atoms with Crippen molar-refractivity contribution in [1.29, 1.82) is 0 Å². The summed E-state index contributed by atoms with van der Waals surface area (Å²) in [5.74, 6) is -1.95. The first-order valence-electron chi connectivity index (χ1n) is 10.3. The average molecular weight is 456 g/mol. The average Bonchev–Trinajstić information content (AvgIpc) is 2.62. The first-order valence-corrected chi connectivity index (χ1v) is 14.8. The molecule has 0 saturated heterocycles. The second kappa shape index (κ2) is 13.2. The summed E-state index contributed by atoms with van der Waals surface area (Å²) in [5.41, 5.74) is 0. The first kappa shape index (κ1) is 28.7. The Bertz CT molecular complexity index is 515. The molecule has 0 N–H and O–H groups in total. The van der Waals surface area contributed by atoms with E-state index in [1.165, 1.54) is 14.2 Å². The van der Waals surface area contributed by atoms with Gasteiger partial charge in [0, 0.05) is 20.3 Å². The molecule has 1 atom stereocenters. The van der Waals surface area contributed by atoms with Crippen molar-refractivity contribution in [2.45, 2.75) is 77.9 Å². The molecular formula is C19H42NO7PSi. The third kappa shape index (κ3) is 9.59. The summed E-state index contributed by atoms with van der Waals surface area (Å²) in [7, 11) is -2.72. The van der Waals surface area contributed by atoms with E-state index >= 15 is 0 Å². The lowest BCUT2D eigenvalue weighted by molar-refractivity contribution is -0.177. The van der Waals surface area contributed by atoms with Crippen molar-refractivity contribution in [1.82, 2.24) is 5.06 Å². The van der Waals surface area contributed by atoms with Gasteiger partial charge in [0.1, 0.15) is 0 Å². The molecule has 1 amide bonds. The van der Waals surface area contributed by atoms with Crippen molar-refractivity contribution >= 4 is 21.8 Å². The Balaban J connectivity index is 4.69. The van der Waals surface area contributed by atoms with E-state index in [1.54, 1.807) is 13.8 Å². The Kier molecular flexibility index (Phi) is 13.1. The zero-order valence-corrected chi connectivity index (χ0v) is 21.7. The Labute approximate surface area is 178 Å². The molecule has 0 spiro atoms. The number of rotatable bonds is 15. The summed E-state index contributed by atoms with van der Waals surface area (Å²) >= 11 is 0. The van der Waals surface area contributed by atoms with Gasteiger partial charge in [0.2, 0.25) is 5.85 Å². The van der Waals surface area contributed by atoms with Crippen LogP contribution in [0.25, 0.3) is 0 Å². The van der Waals surface area contributed by atoms with Crippen LogP contribution in [0, 0.1) is 0 Å². The van der Waals surface area contributed by atoms with Crippen LogP contribution in [0.4, 0.5) is 0 Å². The Morgan fingerprint density at radius 3 is 2.00 bits per heavy atom. The highest BCUT2D eigenvalue weighted by molar-refractivity contribution is 7.55. The highest BCUT2D eigenvalue weighted by atomic mass is 31.2. The van der Waals surface area contributed by atoms with Crippen LogP contribution in [0.5, 0.6) is 0 Å². The molecule has 0 aliphatic carbocycles. The van der Waals surface area contributed by atoms with Crippen molar-refractivity contribution in [2.75, 3.05) is 40.6 Å². The number of hydroxylamine groups is 2. The SMILES string of the molecule is CCOP(=O)(OCC)C(OCCCCCO[Si](C)(C)C(C)(C)C)C(=O)N(C)OC. The fourth-order valence-electron chi connectivity index (χ4n) is 2.20. The van der Waals surface area contributed by atoms with Crippen LogP contribution in [-0.2, 0) is 32.4 Å². The van der Waals surface area contributed by atoms with Crippen LogP contribution in [0.3, 0.4) is 0 Å². The number of carbonyl (C=O) groups excluding carboxylic acids is 1. The minimum atomic E-state index is -3.77. The lowest BCUT2D eigenvalue weighted by atomic mass is 10.2. The number of hydrogen-bond donors (Lipinski definition) is 0. The Morgan fingerprint density at radius 1 is 1.03 bits per heavy atom. The minimum absolute atomic E-state index is 0.145. The smallest absolute Gasteiger partial charge is 0.368 e. The van der Waals surface area contributed by atoms with E-state index in [0.29, 0.717) is 13.0 Å². The molecule has 0 rings (SSSR count). The molecule has 0 aliphatic rings. The fraction of sp³-hybridized carbons (Fsp3) is 0.947. The number of carbonyl (C=O) groups is 1. The number of unbranched alkanes of at least 4 members (excludes halogenated alkanes) is 2. The van der Waals surface area contributed by atoms with Gasteiger partial charge in [0.15, 0.2) is 8.32 Å². The molecule has 0 bridgehead atoms. The molecule has 0 aliphatic heterocycles. The topological polar surface area (TPSA) is 83.5 Å². The van der Waals surface area contributed by atoms with Gasteiger partial charge in [-0.2, -0.15) is 0 Å². The van der Waals surface area contributed by atoms with Gasteiger partial charge in [-0.3, -0.25) is 14.2 Å². The van der Waals surface area contributed by atoms with E-state index in [1.807, 2.05) is 0 Å². The monoisotopic (exact) mass is 455 g/mol. The van der Waals surface area contributed by atoms with Gasteiger partial charge >= 0.3 is 7.60 Å². The molecule has 0 saturated carbocycles. The lowest BCUT2D eigenvalue weighted by Crippen LogP contribution is -2.40. The largest absolute Gasteiger partial charge is 0.417 e. The van der Waals surface area contributed by atoms with Crippen LogP contribution in [0.1, 0.15) is 53.9 Å². The highest BCUT2D eigenvalue weighted by Gasteiger charge is 2.44. The van der Waals surface area contributed by atoms with Gasteiger partial charge in [-0.15, -0.1) is 0 Å². The molecule has 0 heterocycles. The van der Waals surface area contributed by atoms with Gasteiger partial charge in [0.25, 0.3) is 5.91 Å². The Morgan fingerprint density at radius 2 is 1.55 bits per heavy atom. The molecule has 0 aromatic rings. The highest BCUT2D eigenvalue weighted by Crippen LogP contribution is 2.54. The normalized spacial score (nSPS) is 14.1. The lowest BCUT2D eigenvalue weighted by Gasteiger charge is -2.36. The third-order valence-electron chi connectivity index (χ3n) is 5.03. The minimum Gasteiger partial charge on any atom is -0.417 e. The predicted molar refractivity (Wildman–Crippen MR) is 117 cm³/mol. The molecule has 8 nitrogen and oxygen atoms in total. The van der Waals surface area contributed by atoms with Crippen LogP contribution in [0.2, 0.25) is 18.1 Å². The van der Waals surface area contributed by atoms with Crippen molar-refractivity contribution in [3.8, 4) is 0 Å². The molecule has 174 valence electrons. The molecule has 0 aromatic carbocycles. The van der Waals surface area contributed by atoms with E-state index in [0.717, 1.165) is 17.9 Å². The van der Waals surface area contributed by atoms with Crippen LogP contribution >= 0.6 is 7.60 Å². The maximum Gasteiger partial charge on any atom is 0.368 e. The van der Waals surface area contributed by atoms with Crippen molar-refractivity contribution in [2.24, 2.45) is 0 Å². The molecule has 0 radical (unpaired) electrons. The quantitative estimate of drug-likeness (QED) is 0.152. The van der Waals surface area contributed by atoms with E-state index in [9.17, 15) is 9.36 Å². The number of amides is 1. The number of likely N-dealkylation sites (N-methyl/N-ethyl adjacent to an activating group) is 1. The van der Waals surface area contributed by atoms with Crippen molar-refractivity contribution in [3.05, 3.63) is 0 Å². The number of hydrogen-bond acceptors (Lipinski definition) is 7. The fourth-order valence-corrected chi connectivity index (χ4v) is 5.07. The summed E-state index contributed by atoms with van der Waals surface area (Å²) in [6.45, 7) is 15.8.